The lowest BCUT2D eigenvalue weighted by Gasteiger charge is -2.30. The maximum atomic E-state index is 13.2. The fourth-order valence-electron chi connectivity index (χ4n) is 2.80. The summed E-state index contributed by atoms with van der Waals surface area (Å²) in [5, 5.41) is 12.5. The highest BCUT2D eigenvalue weighted by Gasteiger charge is 2.21. The first-order chi connectivity index (χ1) is 12.1. The van der Waals surface area contributed by atoms with Gasteiger partial charge in [0.25, 0.3) is 0 Å². The van der Waals surface area contributed by atoms with E-state index in [1.54, 1.807) is 23.1 Å². The smallest absolute Gasteiger partial charge is 0.321 e. The summed E-state index contributed by atoms with van der Waals surface area (Å²) >= 11 is 0. The molecule has 1 heterocycles. The first-order valence-corrected chi connectivity index (χ1v) is 8.31. The fourth-order valence-corrected chi connectivity index (χ4v) is 2.80. The van der Waals surface area contributed by atoms with Crippen LogP contribution in [0.25, 0.3) is 0 Å². The lowest BCUT2D eigenvalue weighted by atomic mass is 10.1. The van der Waals surface area contributed by atoms with Crippen LogP contribution < -0.4 is 10.1 Å². The number of hydrogen-bond donors (Lipinski definition) is 2. The van der Waals surface area contributed by atoms with Gasteiger partial charge < -0.3 is 20.1 Å². The van der Waals surface area contributed by atoms with Crippen LogP contribution >= 0.6 is 0 Å². The SMILES string of the molecule is O=C(Nc1cccc(COc2cccc(F)c2)c1)N1CCCC(O)C1. The lowest BCUT2D eigenvalue weighted by molar-refractivity contribution is 0.0883. The van der Waals surface area contributed by atoms with Gasteiger partial charge in [-0.3, -0.25) is 0 Å². The average molecular weight is 344 g/mol. The number of ether oxygens (including phenoxy) is 1. The second kappa shape index (κ2) is 7.98. The number of benzene rings is 2. The lowest BCUT2D eigenvalue weighted by Crippen LogP contribution is -2.44. The third-order valence-electron chi connectivity index (χ3n) is 4.06. The van der Waals surface area contributed by atoms with Crippen LogP contribution in [0.3, 0.4) is 0 Å². The fraction of sp³-hybridized carbons (Fsp3) is 0.316. The molecule has 6 heteroatoms. The zero-order valence-corrected chi connectivity index (χ0v) is 13.8. The van der Waals surface area contributed by atoms with Gasteiger partial charge in [0, 0.05) is 24.8 Å². The normalized spacial score (nSPS) is 17.2. The number of aliphatic hydroxyl groups is 1. The van der Waals surface area contributed by atoms with E-state index in [2.05, 4.69) is 5.32 Å². The zero-order chi connectivity index (χ0) is 17.6. The molecular weight excluding hydrogens is 323 g/mol. The van der Waals surface area contributed by atoms with Gasteiger partial charge in [-0.25, -0.2) is 9.18 Å². The zero-order valence-electron chi connectivity index (χ0n) is 13.8. The topological polar surface area (TPSA) is 61.8 Å². The first kappa shape index (κ1) is 17.2. The van der Waals surface area contributed by atoms with E-state index < -0.39 is 6.10 Å². The molecule has 0 aromatic heterocycles. The Labute approximate surface area is 146 Å². The van der Waals surface area contributed by atoms with Crippen molar-refractivity contribution in [1.29, 1.82) is 0 Å². The van der Waals surface area contributed by atoms with Crippen LogP contribution in [-0.2, 0) is 6.61 Å². The number of carbonyl (C=O) groups is 1. The molecule has 1 saturated heterocycles. The molecule has 5 nitrogen and oxygen atoms in total. The number of halogens is 1. The highest BCUT2D eigenvalue weighted by atomic mass is 19.1. The molecule has 2 aromatic carbocycles. The highest BCUT2D eigenvalue weighted by Crippen LogP contribution is 2.17. The minimum atomic E-state index is -0.453. The Bertz CT molecular complexity index is 738. The van der Waals surface area contributed by atoms with Gasteiger partial charge >= 0.3 is 6.03 Å². The molecule has 2 N–H and O–H groups in total. The molecule has 132 valence electrons. The Hall–Kier alpha value is -2.60. The number of nitrogens with zero attached hydrogens (tertiary/aromatic N) is 1. The number of carbonyl (C=O) groups excluding carboxylic acids is 1. The number of rotatable bonds is 4. The number of β-amino-alcohol motifs (C(OH)–C–C–N with tert-alkyl or cyclic N) is 1. The number of nitrogens with one attached hydrogen (secondary N) is 1. The van der Waals surface area contributed by atoms with Crippen molar-refractivity contribution in [1.82, 2.24) is 4.90 Å². The predicted octanol–water partition coefficient (Wildman–Crippen LogP) is 3.39. The van der Waals surface area contributed by atoms with Crippen molar-refractivity contribution in [2.75, 3.05) is 18.4 Å². The Kier molecular flexibility index (Phi) is 5.50. The van der Waals surface area contributed by atoms with Crippen LogP contribution in [0, 0.1) is 5.82 Å². The molecule has 1 aliphatic heterocycles. The Morgan fingerprint density at radius 1 is 1.28 bits per heavy atom. The number of hydrogen-bond acceptors (Lipinski definition) is 3. The van der Waals surface area contributed by atoms with E-state index in [1.807, 2.05) is 18.2 Å². The molecule has 0 radical (unpaired) electrons. The van der Waals surface area contributed by atoms with Crippen molar-refractivity contribution in [2.45, 2.75) is 25.6 Å². The van der Waals surface area contributed by atoms with Crippen LogP contribution in [0.4, 0.5) is 14.9 Å². The minimum absolute atomic E-state index is 0.220. The second-order valence-electron chi connectivity index (χ2n) is 6.12. The molecule has 2 amide bonds. The van der Waals surface area contributed by atoms with E-state index in [9.17, 15) is 14.3 Å². The Balaban J connectivity index is 1.58. The van der Waals surface area contributed by atoms with Gasteiger partial charge in [0.1, 0.15) is 18.2 Å². The molecule has 3 rings (SSSR count). The molecule has 0 saturated carbocycles. The summed E-state index contributed by atoms with van der Waals surface area (Å²) < 4.78 is 18.7. The van der Waals surface area contributed by atoms with Crippen LogP contribution in [0.15, 0.2) is 48.5 Å². The number of anilines is 1. The van der Waals surface area contributed by atoms with Crippen molar-refractivity contribution in [3.8, 4) is 5.75 Å². The highest BCUT2D eigenvalue weighted by molar-refractivity contribution is 5.89. The maximum Gasteiger partial charge on any atom is 0.321 e. The van der Waals surface area contributed by atoms with E-state index in [-0.39, 0.29) is 18.5 Å². The summed E-state index contributed by atoms with van der Waals surface area (Å²) in [6, 6.07) is 13.1. The van der Waals surface area contributed by atoms with Gasteiger partial charge in [-0.1, -0.05) is 18.2 Å². The third-order valence-corrected chi connectivity index (χ3v) is 4.06. The molecular formula is C19H21FN2O3. The third kappa shape index (κ3) is 4.93. The van der Waals surface area contributed by atoms with E-state index in [0.29, 0.717) is 24.5 Å². The Morgan fingerprint density at radius 2 is 2.12 bits per heavy atom. The van der Waals surface area contributed by atoms with E-state index >= 15 is 0 Å². The van der Waals surface area contributed by atoms with Crippen molar-refractivity contribution < 1.29 is 19.0 Å². The molecule has 25 heavy (non-hydrogen) atoms. The number of piperidine rings is 1. The number of aliphatic hydroxyl groups excluding tert-OH is 1. The van der Waals surface area contributed by atoms with Gasteiger partial charge in [-0.05, 0) is 42.7 Å². The van der Waals surface area contributed by atoms with Crippen LogP contribution in [-0.4, -0.2) is 35.2 Å². The van der Waals surface area contributed by atoms with Gasteiger partial charge in [0.2, 0.25) is 0 Å². The average Bonchev–Trinajstić information content (AvgIpc) is 2.60. The minimum Gasteiger partial charge on any atom is -0.489 e. The van der Waals surface area contributed by atoms with Crippen molar-refractivity contribution in [3.05, 3.63) is 59.9 Å². The van der Waals surface area contributed by atoms with Gasteiger partial charge in [0.15, 0.2) is 0 Å². The monoisotopic (exact) mass is 344 g/mol. The van der Waals surface area contributed by atoms with E-state index in [1.165, 1.54) is 12.1 Å². The van der Waals surface area contributed by atoms with Crippen LogP contribution in [0.2, 0.25) is 0 Å². The van der Waals surface area contributed by atoms with Gasteiger partial charge in [0.05, 0.1) is 6.10 Å². The summed E-state index contributed by atoms with van der Waals surface area (Å²) in [7, 11) is 0. The van der Waals surface area contributed by atoms with Gasteiger partial charge in [-0.15, -0.1) is 0 Å². The van der Waals surface area contributed by atoms with Crippen LogP contribution in [0.5, 0.6) is 5.75 Å². The summed E-state index contributed by atoms with van der Waals surface area (Å²) in [6.07, 6.45) is 1.08. The second-order valence-corrected chi connectivity index (χ2v) is 6.12. The molecule has 0 aliphatic carbocycles. The van der Waals surface area contributed by atoms with Gasteiger partial charge in [-0.2, -0.15) is 0 Å². The molecule has 0 spiro atoms. The quantitative estimate of drug-likeness (QED) is 0.894. The van der Waals surface area contributed by atoms with E-state index in [4.69, 9.17) is 4.74 Å². The number of likely N-dealkylation sites (tertiary alicyclic amines) is 1. The number of urea groups is 1. The maximum absolute atomic E-state index is 13.2. The summed E-state index contributed by atoms with van der Waals surface area (Å²) in [6.45, 7) is 1.27. The molecule has 1 aliphatic rings. The molecule has 1 fully saturated rings. The first-order valence-electron chi connectivity index (χ1n) is 8.31. The number of amides is 2. The predicted molar refractivity (Wildman–Crippen MR) is 93.0 cm³/mol. The molecule has 0 bridgehead atoms. The van der Waals surface area contributed by atoms with E-state index in [0.717, 1.165) is 18.4 Å². The van der Waals surface area contributed by atoms with Crippen LogP contribution in [0.1, 0.15) is 18.4 Å². The summed E-state index contributed by atoms with van der Waals surface area (Å²) in [5.41, 5.74) is 1.52. The largest absolute Gasteiger partial charge is 0.489 e. The standard InChI is InChI=1S/C19H21FN2O3/c20-15-5-2-8-18(11-15)25-13-14-4-1-6-16(10-14)21-19(24)22-9-3-7-17(23)12-22/h1-2,4-6,8,10-11,17,23H,3,7,9,12-13H2,(H,21,24). The van der Waals surface area contributed by atoms with Crippen molar-refractivity contribution in [3.63, 3.8) is 0 Å². The molecule has 2 aromatic rings. The summed E-state index contributed by atoms with van der Waals surface area (Å²) in [5.74, 6) is 0.110. The Morgan fingerprint density at radius 3 is 2.92 bits per heavy atom. The van der Waals surface area contributed by atoms with Crippen molar-refractivity contribution >= 4 is 11.7 Å². The summed E-state index contributed by atoms with van der Waals surface area (Å²) in [4.78, 5) is 13.9. The van der Waals surface area contributed by atoms with Crippen molar-refractivity contribution in [2.24, 2.45) is 0 Å². The molecule has 1 atom stereocenters. The molecule has 1 unspecified atom stereocenters.